The molecule has 0 unspecified atom stereocenters. The summed E-state index contributed by atoms with van der Waals surface area (Å²) in [5, 5.41) is 12.6. The van der Waals surface area contributed by atoms with E-state index in [4.69, 9.17) is 13.3 Å². The third-order valence-electron chi connectivity index (χ3n) is 5.91. The number of nitrogens with one attached hydrogen (secondary N) is 3. The van der Waals surface area contributed by atoms with Crippen LogP contribution in [0.15, 0.2) is 82.2 Å². The molecule has 0 aliphatic heterocycles. The van der Waals surface area contributed by atoms with Gasteiger partial charge in [-0.15, -0.1) is 10.2 Å². The van der Waals surface area contributed by atoms with Crippen molar-refractivity contribution in [1.29, 1.82) is 0 Å². The van der Waals surface area contributed by atoms with Gasteiger partial charge in [0.25, 0.3) is 0 Å². The van der Waals surface area contributed by atoms with E-state index in [1.165, 1.54) is 0 Å². The second kappa shape index (κ2) is 7.24. The number of hydrogen-bond donors (Lipinski definition) is 3. The number of rotatable bonds is 3. The lowest BCUT2D eigenvalue weighted by atomic mass is 9.93. The minimum atomic E-state index is -0.627. The lowest BCUT2D eigenvalue weighted by Gasteiger charge is -2.14. The minimum Gasteiger partial charge on any atom is -0.408 e. The van der Waals surface area contributed by atoms with Gasteiger partial charge in [0.1, 0.15) is 11.4 Å². The van der Waals surface area contributed by atoms with Crippen molar-refractivity contribution in [2.45, 2.75) is 0 Å². The van der Waals surface area contributed by atoms with Gasteiger partial charge < -0.3 is 13.3 Å². The molecule has 0 fully saturated rings. The van der Waals surface area contributed by atoms with Gasteiger partial charge in [0.15, 0.2) is 16.7 Å². The maximum absolute atomic E-state index is 12.1. The Hall–Kier alpha value is -5.52. The van der Waals surface area contributed by atoms with E-state index in [9.17, 15) is 14.4 Å². The lowest BCUT2D eigenvalue weighted by Crippen LogP contribution is -2.02. The highest BCUT2D eigenvalue weighted by Crippen LogP contribution is 2.42. The van der Waals surface area contributed by atoms with E-state index in [1.807, 2.05) is 0 Å². The first-order chi connectivity index (χ1) is 17.6. The molecule has 3 N–H and O–H groups in total. The van der Waals surface area contributed by atoms with Crippen LogP contribution in [0.1, 0.15) is 0 Å². The second-order valence-electron chi connectivity index (χ2n) is 7.94. The maximum atomic E-state index is 12.1. The van der Waals surface area contributed by atoms with Crippen LogP contribution < -0.4 is 17.3 Å². The van der Waals surface area contributed by atoms with Crippen LogP contribution in [0, 0.1) is 0 Å². The molecule has 7 aromatic rings. The fourth-order valence-electron chi connectivity index (χ4n) is 4.48. The molecule has 12 heteroatoms. The Bertz CT molecular complexity index is 2030. The van der Waals surface area contributed by atoms with E-state index in [0.29, 0.717) is 66.9 Å². The number of benzene rings is 3. The van der Waals surface area contributed by atoms with Gasteiger partial charge in [-0.1, -0.05) is 36.4 Å². The average molecular weight is 480 g/mol. The predicted octanol–water partition coefficient (Wildman–Crippen LogP) is 3.18. The Morgan fingerprint density at radius 2 is 0.917 bits per heavy atom. The van der Waals surface area contributed by atoms with E-state index in [2.05, 4.69) is 30.4 Å². The molecule has 3 aromatic carbocycles. The van der Waals surface area contributed by atoms with Gasteiger partial charge in [-0.3, -0.25) is 15.0 Å². The number of fused-ring (bicyclic) bond motifs is 3. The van der Waals surface area contributed by atoms with Crippen molar-refractivity contribution in [2.24, 2.45) is 0 Å². The molecule has 0 saturated heterocycles. The molecular formula is C24H12N6O6. The third-order valence-corrected chi connectivity index (χ3v) is 5.91. The van der Waals surface area contributed by atoms with Crippen molar-refractivity contribution in [3.8, 4) is 33.6 Å². The molecule has 0 aliphatic carbocycles. The highest BCUT2D eigenvalue weighted by atomic mass is 16.4. The highest BCUT2D eigenvalue weighted by Gasteiger charge is 2.24. The Labute approximate surface area is 197 Å². The molecule has 0 saturated carbocycles. The number of nitrogens with zero attached hydrogens (tertiary/aromatic N) is 3. The number of para-hydroxylation sites is 3. The Balaban J connectivity index is 1.66. The number of H-pyrrole nitrogens is 3. The molecule has 174 valence electrons. The number of oxazole rings is 3. The summed E-state index contributed by atoms with van der Waals surface area (Å²) in [5.74, 6) is -1.87. The molecule has 0 atom stereocenters. The Morgan fingerprint density at radius 3 is 1.36 bits per heavy atom. The largest absolute Gasteiger partial charge is 0.417 e. The number of aromatic nitrogens is 6. The van der Waals surface area contributed by atoms with Crippen LogP contribution in [0.25, 0.3) is 66.9 Å². The smallest absolute Gasteiger partial charge is 0.408 e. The summed E-state index contributed by atoms with van der Waals surface area (Å²) in [6, 6.07) is 15.4. The zero-order valence-electron chi connectivity index (χ0n) is 18.0. The summed E-state index contributed by atoms with van der Waals surface area (Å²) >= 11 is 0. The van der Waals surface area contributed by atoms with Crippen LogP contribution in [0.2, 0.25) is 0 Å². The summed E-state index contributed by atoms with van der Waals surface area (Å²) in [6.45, 7) is 0. The monoisotopic (exact) mass is 480 g/mol. The van der Waals surface area contributed by atoms with E-state index < -0.39 is 17.3 Å². The van der Waals surface area contributed by atoms with Crippen molar-refractivity contribution in [3.63, 3.8) is 0 Å². The van der Waals surface area contributed by atoms with Crippen molar-refractivity contribution in [3.05, 3.63) is 86.2 Å². The molecule has 36 heavy (non-hydrogen) atoms. The molecule has 12 nitrogen and oxygen atoms in total. The zero-order chi connectivity index (χ0) is 24.4. The van der Waals surface area contributed by atoms with E-state index >= 15 is 0 Å². The van der Waals surface area contributed by atoms with Crippen LogP contribution in [0.4, 0.5) is 0 Å². The normalized spacial score (nSPS) is 11.7. The molecule has 7 rings (SSSR count). The first-order valence-corrected chi connectivity index (χ1v) is 10.7. The van der Waals surface area contributed by atoms with Crippen LogP contribution in [0.5, 0.6) is 0 Å². The van der Waals surface area contributed by atoms with Gasteiger partial charge >= 0.3 is 17.3 Å². The van der Waals surface area contributed by atoms with Gasteiger partial charge in [0, 0.05) is 22.3 Å². The molecule has 0 amide bonds. The summed E-state index contributed by atoms with van der Waals surface area (Å²) in [4.78, 5) is 44.1. The lowest BCUT2D eigenvalue weighted by molar-refractivity contribution is 0.555. The average Bonchev–Trinajstić information content (AvgIpc) is 3.56. The van der Waals surface area contributed by atoms with E-state index in [-0.39, 0.29) is 0 Å². The summed E-state index contributed by atoms with van der Waals surface area (Å²) in [7, 11) is 0. The fourth-order valence-corrected chi connectivity index (χ4v) is 4.48. The standard InChI is InChI=1S/C24H12N6O6/c31-22-25-17-10(4-1-7-13(17)34-22)16-20(11-5-2-8-14-18(11)26-23(32)35-14)28-30-29-21(16)12-6-3-9-15-19(12)27-24(33)36-15/h1-9H,(H,25,31)(H,26,32)(H,27,33). The van der Waals surface area contributed by atoms with Gasteiger partial charge in [0.2, 0.25) is 0 Å². The Morgan fingerprint density at radius 1 is 0.528 bits per heavy atom. The molecule has 0 bridgehead atoms. The van der Waals surface area contributed by atoms with Gasteiger partial charge in [-0.05, 0) is 23.4 Å². The van der Waals surface area contributed by atoms with Gasteiger partial charge in [0.05, 0.1) is 16.6 Å². The van der Waals surface area contributed by atoms with Crippen LogP contribution in [-0.2, 0) is 0 Å². The first-order valence-electron chi connectivity index (χ1n) is 10.7. The SMILES string of the molecule is O=c1[nH]c2c(-c3nnnc(-c4cccc5oc(=O)[nH]c45)c3-c3cccc4oc(=O)[nH]c34)cccc2o1. The fraction of sp³-hybridized carbons (Fsp3) is 0. The molecule has 4 heterocycles. The predicted molar refractivity (Wildman–Crippen MR) is 127 cm³/mol. The highest BCUT2D eigenvalue weighted by molar-refractivity contribution is 6.05. The first kappa shape index (κ1) is 19.9. The van der Waals surface area contributed by atoms with Crippen molar-refractivity contribution >= 4 is 33.3 Å². The van der Waals surface area contributed by atoms with Crippen LogP contribution >= 0.6 is 0 Å². The van der Waals surface area contributed by atoms with E-state index in [0.717, 1.165) is 0 Å². The molecule has 4 aromatic heterocycles. The second-order valence-corrected chi connectivity index (χ2v) is 7.94. The molecular weight excluding hydrogens is 468 g/mol. The maximum Gasteiger partial charge on any atom is 0.417 e. The summed E-state index contributed by atoms with van der Waals surface area (Å²) in [6.07, 6.45) is 0. The quantitative estimate of drug-likeness (QED) is 0.343. The van der Waals surface area contributed by atoms with Crippen molar-refractivity contribution in [2.75, 3.05) is 0 Å². The van der Waals surface area contributed by atoms with Gasteiger partial charge in [-0.2, -0.15) is 0 Å². The number of aromatic amines is 3. The molecule has 0 aliphatic rings. The summed E-state index contributed by atoms with van der Waals surface area (Å²) in [5.41, 5.74) is 4.97. The number of hydrogen-bond acceptors (Lipinski definition) is 9. The molecule has 0 radical (unpaired) electrons. The summed E-state index contributed by atoms with van der Waals surface area (Å²) < 4.78 is 15.7. The minimum absolute atomic E-state index is 0.330. The van der Waals surface area contributed by atoms with E-state index in [1.54, 1.807) is 54.6 Å². The van der Waals surface area contributed by atoms with Crippen molar-refractivity contribution in [1.82, 2.24) is 30.4 Å². The Kier molecular flexibility index (Phi) is 4.00. The third kappa shape index (κ3) is 2.88. The van der Waals surface area contributed by atoms with Crippen molar-refractivity contribution < 1.29 is 13.3 Å². The van der Waals surface area contributed by atoms with Crippen LogP contribution in [-0.4, -0.2) is 30.4 Å². The van der Waals surface area contributed by atoms with Gasteiger partial charge in [-0.25, -0.2) is 14.4 Å². The topological polar surface area (TPSA) is 177 Å². The van der Waals surface area contributed by atoms with Crippen LogP contribution in [0.3, 0.4) is 0 Å². The zero-order valence-corrected chi connectivity index (χ0v) is 18.0. The molecule has 0 spiro atoms.